The molecule has 0 amide bonds. The van der Waals surface area contributed by atoms with Crippen molar-refractivity contribution >= 4 is 10.9 Å². The predicted molar refractivity (Wildman–Crippen MR) is 144 cm³/mol. The largest absolute Gasteiger partial charge is 0.454 e. The lowest BCUT2D eigenvalue weighted by atomic mass is 10.0. The number of aromatic amines is 1. The van der Waals surface area contributed by atoms with Gasteiger partial charge in [-0.3, -0.25) is 9.69 Å². The van der Waals surface area contributed by atoms with Crippen LogP contribution in [0.1, 0.15) is 80.6 Å². The highest BCUT2D eigenvalue weighted by molar-refractivity contribution is 5.79. The van der Waals surface area contributed by atoms with Gasteiger partial charge in [0.25, 0.3) is 5.56 Å². The number of hydrogen-bond acceptors (Lipinski definition) is 7. The van der Waals surface area contributed by atoms with E-state index < -0.39 is 0 Å². The van der Waals surface area contributed by atoms with Gasteiger partial charge in [0.15, 0.2) is 17.3 Å². The van der Waals surface area contributed by atoms with E-state index in [1.54, 1.807) is 0 Å². The lowest BCUT2D eigenvalue weighted by molar-refractivity contribution is 0.158. The van der Waals surface area contributed by atoms with Crippen LogP contribution in [0.15, 0.2) is 47.3 Å². The fourth-order valence-corrected chi connectivity index (χ4v) is 5.84. The molecule has 1 aliphatic heterocycles. The van der Waals surface area contributed by atoms with Gasteiger partial charge in [-0.15, -0.1) is 5.10 Å². The lowest BCUT2D eigenvalue weighted by Gasteiger charge is -2.31. The number of nitrogens with one attached hydrogen (secondary N) is 1. The Bertz CT molecular complexity index is 1490. The molecule has 198 valence electrons. The minimum atomic E-state index is -0.0670. The molecule has 4 aromatic rings. The molecule has 9 heteroatoms. The molecule has 2 aromatic heterocycles. The van der Waals surface area contributed by atoms with Gasteiger partial charge < -0.3 is 14.5 Å². The van der Waals surface area contributed by atoms with Crippen LogP contribution < -0.4 is 15.0 Å². The number of nitrogens with zero attached hydrogens (tertiary/aromatic N) is 5. The normalized spacial score (nSPS) is 16.1. The van der Waals surface area contributed by atoms with Gasteiger partial charge in [0.05, 0.1) is 12.1 Å². The predicted octanol–water partition coefficient (Wildman–Crippen LogP) is 5.07. The maximum absolute atomic E-state index is 13.2. The Morgan fingerprint density at radius 1 is 1.03 bits per heavy atom. The lowest BCUT2D eigenvalue weighted by Crippen LogP contribution is -2.32. The SMILES string of the molecule is CCc1ccc2[nH]c(=O)c(CN(Cc3ccc4c(c3)OCO4)C(CC)c3nnnn3C3CCCC3)cc2c1. The first-order valence-corrected chi connectivity index (χ1v) is 13.7. The van der Waals surface area contributed by atoms with E-state index in [0.717, 1.165) is 65.0 Å². The Kier molecular flexibility index (Phi) is 6.84. The third kappa shape index (κ3) is 4.78. The first kappa shape index (κ1) is 24.6. The fourth-order valence-electron chi connectivity index (χ4n) is 5.84. The second-order valence-electron chi connectivity index (χ2n) is 10.3. The maximum Gasteiger partial charge on any atom is 0.252 e. The smallest absolute Gasteiger partial charge is 0.252 e. The summed E-state index contributed by atoms with van der Waals surface area (Å²) in [6.07, 6.45) is 6.36. The summed E-state index contributed by atoms with van der Waals surface area (Å²) in [5, 5.41) is 14.1. The van der Waals surface area contributed by atoms with Crippen molar-refractivity contribution in [3.63, 3.8) is 0 Å². The van der Waals surface area contributed by atoms with Crippen LogP contribution in [0.3, 0.4) is 0 Å². The zero-order valence-corrected chi connectivity index (χ0v) is 22.0. The van der Waals surface area contributed by atoms with Crippen LogP contribution in [0.4, 0.5) is 0 Å². The molecule has 38 heavy (non-hydrogen) atoms. The summed E-state index contributed by atoms with van der Waals surface area (Å²) in [5.41, 5.74) is 3.84. The highest BCUT2D eigenvalue weighted by atomic mass is 16.7. The first-order valence-electron chi connectivity index (χ1n) is 13.7. The molecule has 9 nitrogen and oxygen atoms in total. The van der Waals surface area contributed by atoms with Gasteiger partial charge in [-0.2, -0.15) is 0 Å². The Morgan fingerprint density at radius 2 is 1.84 bits per heavy atom. The number of benzene rings is 2. The van der Waals surface area contributed by atoms with Crippen molar-refractivity contribution < 1.29 is 9.47 Å². The molecule has 2 aromatic carbocycles. The summed E-state index contributed by atoms with van der Waals surface area (Å²) in [6, 6.07) is 14.6. The summed E-state index contributed by atoms with van der Waals surface area (Å²) >= 11 is 0. The molecule has 0 radical (unpaired) electrons. The van der Waals surface area contributed by atoms with E-state index in [1.165, 1.54) is 18.4 Å². The monoisotopic (exact) mass is 514 g/mol. The summed E-state index contributed by atoms with van der Waals surface area (Å²) in [7, 11) is 0. The minimum Gasteiger partial charge on any atom is -0.454 e. The number of ether oxygens (including phenoxy) is 2. The highest BCUT2D eigenvalue weighted by Gasteiger charge is 2.30. The summed E-state index contributed by atoms with van der Waals surface area (Å²) in [6.45, 7) is 5.61. The van der Waals surface area contributed by atoms with E-state index in [9.17, 15) is 4.79 Å². The van der Waals surface area contributed by atoms with Crippen LogP contribution in [-0.4, -0.2) is 36.9 Å². The fraction of sp³-hybridized carbons (Fsp3) is 0.448. The molecule has 1 unspecified atom stereocenters. The standard InChI is InChI=1S/C29H34N6O3/c1-3-19-9-11-24-21(13-19)15-22(29(36)30-24)17-34(16-20-10-12-26-27(14-20)38-18-37-26)25(4-2)28-31-32-33-35(28)23-7-5-6-8-23/h9-15,23,25H,3-8,16-18H2,1-2H3,(H,30,36). The van der Waals surface area contributed by atoms with Crippen LogP contribution in [0, 0.1) is 0 Å². The molecule has 1 saturated carbocycles. The average Bonchev–Trinajstić information content (AvgIpc) is 3.71. The van der Waals surface area contributed by atoms with Crippen LogP contribution in [0.2, 0.25) is 0 Å². The second-order valence-corrected chi connectivity index (χ2v) is 10.3. The van der Waals surface area contributed by atoms with Gasteiger partial charge in [0.2, 0.25) is 6.79 Å². The van der Waals surface area contributed by atoms with Gasteiger partial charge in [0.1, 0.15) is 0 Å². The van der Waals surface area contributed by atoms with Crippen LogP contribution in [0.25, 0.3) is 10.9 Å². The number of aryl methyl sites for hydroxylation is 1. The van der Waals surface area contributed by atoms with Gasteiger partial charge in [-0.1, -0.05) is 38.8 Å². The Hall–Kier alpha value is -3.72. The Morgan fingerprint density at radius 3 is 2.66 bits per heavy atom. The number of tetrazole rings is 1. The third-order valence-corrected chi connectivity index (χ3v) is 7.90. The molecule has 2 aliphatic rings. The molecule has 6 rings (SSSR count). The second kappa shape index (κ2) is 10.6. The maximum atomic E-state index is 13.2. The van der Waals surface area contributed by atoms with Gasteiger partial charge >= 0.3 is 0 Å². The number of hydrogen-bond donors (Lipinski definition) is 1. The molecular formula is C29H34N6O3. The number of rotatable bonds is 9. The van der Waals surface area contributed by atoms with E-state index in [-0.39, 0.29) is 18.4 Å². The average molecular weight is 515 g/mol. The van der Waals surface area contributed by atoms with Gasteiger partial charge in [-0.25, -0.2) is 4.68 Å². The van der Waals surface area contributed by atoms with Crippen molar-refractivity contribution in [3.05, 3.63) is 75.3 Å². The highest BCUT2D eigenvalue weighted by Crippen LogP contribution is 2.36. The Labute approximate surface area is 221 Å². The molecule has 1 atom stereocenters. The van der Waals surface area contributed by atoms with Crippen molar-refractivity contribution in [1.82, 2.24) is 30.1 Å². The first-order chi connectivity index (χ1) is 18.6. The van der Waals surface area contributed by atoms with Crippen LogP contribution >= 0.6 is 0 Å². The summed E-state index contributed by atoms with van der Waals surface area (Å²) in [5.74, 6) is 2.38. The molecule has 1 aliphatic carbocycles. The van der Waals surface area contributed by atoms with E-state index in [2.05, 4.69) is 57.5 Å². The summed E-state index contributed by atoms with van der Waals surface area (Å²) < 4.78 is 13.2. The van der Waals surface area contributed by atoms with Crippen molar-refractivity contribution in [1.29, 1.82) is 0 Å². The van der Waals surface area contributed by atoms with E-state index >= 15 is 0 Å². The zero-order valence-electron chi connectivity index (χ0n) is 22.0. The van der Waals surface area contributed by atoms with E-state index in [0.29, 0.717) is 19.1 Å². The quantitative estimate of drug-likeness (QED) is 0.333. The summed E-state index contributed by atoms with van der Waals surface area (Å²) in [4.78, 5) is 18.6. The Balaban J connectivity index is 1.38. The number of H-pyrrole nitrogens is 1. The van der Waals surface area contributed by atoms with Crippen molar-refractivity contribution in [3.8, 4) is 11.5 Å². The van der Waals surface area contributed by atoms with Crippen LogP contribution in [0.5, 0.6) is 11.5 Å². The molecule has 1 N–H and O–H groups in total. The van der Waals surface area contributed by atoms with Gasteiger partial charge in [-0.05, 0) is 83.0 Å². The third-order valence-electron chi connectivity index (χ3n) is 7.90. The van der Waals surface area contributed by atoms with Crippen molar-refractivity contribution in [2.24, 2.45) is 0 Å². The molecule has 0 spiro atoms. The van der Waals surface area contributed by atoms with Crippen LogP contribution in [-0.2, 0) is 19.5 Å². The minimum absolute atomic E-state index is 0.0619. The molecule has 1 fully saturated rings. The van der Waals surface area contributed by atoms with Crippen molar-refractivity contribution in [2.75, 3.05) is 6.79 Å². The molecule has 0 saturated heterocycles. The topological polar surface area (TPSA) is 98.2 Å². The number of aromatic nitrogens is 5. The number of pyridine rings is 1. The van der Waals surface area contributed by atoms with E-state index in [4.69, 9.17) is 9.47 Å². The number of fused-ring (bicyclic) bond motifs is 2. The zero-order chi connectivity index (χ0) is 26.1. The molecule has 3 heterocycles. The van der Waals surface area contributed by atoms with Crippen molar-refractivity contribution in [2.45, 2.75) is 77.5 Å². The van der Waals surface area contributed by atoms with Gasteiger partial charge in [0, 0.05) is 24.2 Å². The molecular weight excluding hydrogens is 480 g/mol. The van der Waals surface area contributed by atoms with E-state index in [1.807, 2.05) is 28.9 Å². The molecule has 0 bridgehead atoms.